The van der Waals surface area contributed by atoms with E-state index >= 15 is 0 Å². The normalized spacial score (nSPS) is 25.6. The summed E-state index contributed by atoms with van der Waals surface area (Å²) in [6.45, 7) is -0.375. The highest BCUT2D eigenvalue weighted by Crippen LogP contribution is 2.66. The lowest BCUT2D eigenvalue weighted by Crippen LogP contribution is -2.60. The molecule has 0 aromatic rings. The summed E-state index contributed by atoms with van der Waals surface area (Å²) >= 11 is 5.09. The third kappa shape index (κ3) is 4.71. The molecule has 5 N–H and O–H groups in total. The third-order valence-corrected chi connectivity index (χ3v) is 4.88. The van der Waals surface area contributed by atoms with Crippen molar-refractivity contribution in [1.29, 1.82) is 0 Å². The van der Waals surface area contributed by atoms with Crippen LogP contribution in [-0.4, -0.2) is 52.1 Å². The van der Waals surface area contributed by atoms with Crippen LogP contribution >= 0.6 is 11.6 Å². The third-order valence-electron chi connectivity index (χ3n) is 4.70. The highest BCUT2D eigenvalue weighted by Gasteiger charge is 2.57. The van der Waals surface area contributed by atoms with Crippen LogP contribution in [0.25, 0.3) is 0 Å². The van der Waals surface area contributed by atoms with Crippen molar-refractivity contribution < 1.29 is 28.7 Å². The van der Waals surface area contributed by atoms with E-state index in [0.717, 1.165) is 19.3 Å². The Hall–Kier alpha value is -2.10. The van der Waals surface area contributed by atoms with Crippen molar-refractivity contribution in [2.24, 2.45) is 17.1 Å². The number of hydrogen-bond donors (Lipinski definition) is 4. The van der Waals surface area contributed by atoms with Crippen LogP contribution in [0.3, 0.4) is 0 Å². The molecule has 3 fully saturated rings. The number of hydrazine groups is 1. The van der Waals surface area contributed by atoms with Gasteiger partial charge in [-0.05, 0) is 37.0 Å². The quantitative estimate of drug-likeness (QED) is 0.349. The zero-order valence-electron chi connectivity index (χ0n) is 13.3. The lowest BCUT2D eigenvalue weighted by Gasteiger charge is -2.63. The summed E-state index contributed by atoms with van der Waals surface area (Å²) in [7, 11) is 0. The summed E-state index contributed by atoms with van der Waals surface area (Å²) in [5.41, 5.74) is 4.65. The van der Waals surface area contributed by atoms with Gasteiger partial charge in [0.2, 0.25) is 5.91 Å². The van der Waals surface area contributed by atoms with Crippen molar-refractivity contribution >= 4 is 35.4 Å². The number of halogens is 2. The number of nitrogens with zero attached hydrogens (tertiary/aromatic N) is 1. The van der Waals surface area contributed by atoms with Crippen LogP contribution in [0.1, 0.15) is 32.1 Å². The number of nitrogens with two attached hydrogens (primary N) is 1. The molecule has 2 bridgehead atoms. The first kappa shape index (κ1) is 19.2. The van der Waals surface area contributed by atoms with E-state index in [1.165, 1.54) is 0 Å². The number of rotatable bonds is 8. The highest BCUT2D eigenvalue weighted by molar-refractivity contribution is 6.29. The minimum atomic E-state index is -2.42. The first-order chi connectivity index (χ1) is 11.6. The first-order valence-corrected chi connectivity index (χ1v) is 8.23. The van der Waals surface area contributed by atoms with Crippen LogP contribution in [0.4, 0.5) is 9.18 Å². The molecule has 11 heteroatoms. The highest BCUT2D eigenvalue weighted by atomic mass is 35.5. The Morgan fingerprint density at radius 1 is 1.32 bits per heavy atom. The molecule has 4 amide bonds. The molecule has 0 radical (unpaired) electrons. The lowest BCUT2D eigenvalue weighted by molar-refractivity contribution is -0.148. The Morgan fingerprint density at radius 2 is 1.92 bits per heavy atom. The minimum Gasteiger partial charge on any atom is -0.465 e. The number of primary amides is 1. The number of nitrogens with one attached hydrogen (secondary N) is 2. The monoisotopic (exact) mass is 378 g/mol. The number of carboxylic acid groups (broad SMARTS) is 1. The van der Waals surface area contributed by atoms with Gasteiger partial charge in [-0.3, -0.25) is 19.8 Å². The fraction of sp³-hybridized carbons (Fsp3) is 0.714. The number of hydrogen-bond acceptors (Lipinski definition) is 4. The average molecular weight is 379 g/mol. The van der Waals surface area contributed by atoms with Gasteiger partial charge < -0.3 is 16.2 Å². The molecule has 3 aliphatic carbocycles. The topological polar surface area (TPSA) is 142 Å². The predicted molar refractivity (Wildman–Crippen MR) is 83.8 cm³/mol. The molecular formula is C14H20ClFN4O5. The molecule has 9 nitrogen and oxygen atoms in total. The molecule has 3 saturated carbocycles. The molecular weight excluding hydrogens is 359 g/mol. The maximum absolute atomic E-state index is 13.1. The maximum atomic E-state index is 13.1. The van der Waals surface area contributed by atoms with E-state index in [4.69, 9.17) is 22.4 Å². The SMILES string of the molecule is NC(=O)CCN(NC(=O)[C@H](CC12CC(C1)C2)NC(=O)O)C(=O)C(F)Cl. The molecule has 3 rings (SSSR count). The standard InChI is InChI=1S/C14H20ClFN4O5/c15-10(16)12(23)20(2-1-9(17)21)19-11(22)8(18-13(24)25)6-14-3-7(4-14)5-14/h7-8,10,18H,1-6H2,(H2,17,21)(H,19,22)(H,24,25)/t7?,8-,10?,14?/m0/s1. The smallest absolute Gasteiger partial charge is 0.405 e. The van der Waals surface area contributed by atoms with E-state index in [1.54, 1.807) is 0 Å². The molecule has 2 atom stereocenters. The van der Waals surface area contributed by atoms with E-state index in [1.807, 2.05) is 0 Å². The number of amides is 4. The van der Waals surface area contributed by atoms with Crippen LogP contribution in [-0.2, 0) is 14.4 Å². The van der Waals surface area contributed by atoms with Gasteiger partial charge in [0.25, 0.3) is 17.4 Å². The van der Waals surface area contributed by atoms with Gasteiger partial charge in [-0.25, -0.2) is 14.2 Å². The van der Waals surface area contributed by atoms with Crippen LogP contribution in [0.5, 0.6) is 0 Å². The van der Waals surface area contributed by atoms with Gasteiger partial charge in [-0.15, -0.1) is 0 Å². The fourth-order valence-electron chi connectivity index (χ4n) is 3.47. The molecule has 0 aliphatic heterocycles. The van der Waals surface area contributed by atoms with Crippen LogP contribution < -0.4 is 16.5 Å². The summed E-state index contributed by atoms with van der Waals surface area (Å²) in [6, 6.07) is -1.10. The van der Waals surface area contributed by atoms with Crippen molar-refractivity contribution in [2.45, 2.75) is 43.8 Å². The number of alkyl halides is 2. The predicted octanol–water partition coefficient (Wildman–Crippen LogP) is 0.0824. The molecule has 0 saturated heterocycles. The number of carbonyl (C=O) groups excluding carboxylic acids is 3. The fourth-order valence-corrected chi connectivity index (χ4v) is 3.59. The van der Waals surface area contributed by atoms with Gasteiger partial charge in [0.05, 0.1) is 6.54 Å². The van der Waals surface area contributed by atoms with E-state index in [0.29, 0.717) is 17.3 Å². The van der Waals surface area contributed by atoms with Gasteiger partial charge in [0.15, 0.2) is 0 Å². The largest absolute Gasteiger partial charge is 0.465 e. The molecule has 3 aliphatic rings. The van der Waals surface area contributed by atoms with Crippen molar-refractivity contribution in [3.63, 3.8) is 0 Å². The zero-order valence-corrected chi connectivity index (χ0v) is 14.1. The van der Waals surface area contributed by atoms with Crippen LogP contribution in [0, 0.1) is 11.3 Å². The molecule has 1 unspecified atom stereocenters. The van der Waals surface area contributed by atoms with E-state index in [-0.39, 0.29) is 18.4 Å². The second-order valence-electron chi connectivity index (χ2n) is 6.67. The second-order valence-corrected chi connectivity index (χ2v) is 7.05. The van der Waals surface area contributed by atoms with E-state index in [9.17, 15) is 23.6 Å². The molecule has 0 aromatic heterocycles. The summed E-state index contributed by atoms with van der Waals surface area (Å²) in [4.78, 5) is 45.9. The molecule has 0 aromatic carbocycles. The van der Waals surface area contributed by atoms with Crippen molar-refractivity contribution in [2.75, 3.05) is 6.54 Å². The average Bonchev–Trinajstić information content (AvgIpc) is 2.42. The molecule has 0 heterocycles. The Kier molecular flexibility index (Phi) is 5.71. The van der Waals surface area contributed by atoms with Crippen molar-refractivity contribution in [3.8, 4) is 0 Å². The van der Waals surface area contributed by atoms with Crippen molar-refractivity contribution in [3.05, 3.63) is 0 Å². The van der Waals surface area contributed by atoms with E-state index in [2.05, 4.69) is 10.7 Å². The Bertz CT molecular complexity index is 571. The van der Waals surface area contributed by atoms with Gasteiger partial charge in [0.1, 0.15) is 6.04 Å². The van der Waals surface area contributed by atoms with Crippen molar-refractivity contribution in [1.82, 2.24) is 15.8 Å². The molecule has 140 valence electrons. The maximum Gasteiger partial charge on any atom is 0.405 e. The summed E-state index contributed by atoms with van der Waals surface area (Å²) in [5, 5.41) is 11.6. The minimum absolute atomic E-state index is 0.0493. The van der Waals surface area contributed by atoms with Crippen LogP contribution in [0.15, 0.2) is 0 Å². The van der Waals surface area contributed by atoms with Gasteiger partial charge in [-0.1, -0.05) is 11.6 Å². The van der Waals surface area contributed by atoms with E-state index < -0.39 is 35.5 Å². The molecule has 25 heavy (non-hydrogen) atoms. The molecule has 0 spiro atoms. The number of carbonyl (C=O) groups is 4. The van der Waals surface area contributed by atoms with Crippen LogP contribution in [0.2, 0.25) is 0 Å². The van der Waals surface area contributed by atoms with Gasteiger partial charge in [-0.2, -0.15) is 0 Å². The van der Waals surface area contributed by atoms with Gasteiger partial charge in [0, 0.05) is 6.42 Å². The first-order valence-electron chi connectivity index (χ1n) is 7.80. The second kappa shape index (κ2) is 7.42. The van der Waals surface area contributed by atoms with Gasteiger partial charge >= 0.3 is 6.09 Å². The lowest BCUT2D eigenvalue weighted by atomic mass is 9.43. The Morgan fingerprint density at radius 3 is 2.32 bits per heavy atom. The zero-order chi connectivity index (χ0) is 18.8. The summed E-state index contributed by atoms with van der Waals surface area (Å²) in [5.74, 6) is -2.20. The Balaban J connectivity index is 2.01. The Labute approximate surface area is 148 Å². The summed E-state index contributed by atoms with van der Waals surface area (Å²) < 4.78 is 13.1. The summed E-state index contributed by atoms with van der Waals surface area (Å²) in [6.07, 6.45) is 1.41.